The predicted molar refractivity (Wildman–Crippen MR) is 125 cm³/mol. The van der Waals surface area contributed by atoms with E-state index in [1.807, 2.05) is 12.1 Å². The van der Waals surface area contributed by atoms with E-state index in [2.05, 4.69) is 5.32 Å². The molecule has 36 heavy (non-hydrogen) atoms. The molecule has 0 spiro atoms. The summed E-state index contributed by atoms with van der Waals surface area (Å²) in [4.78, 5) is 25.5. The fraction of sp³-hybridized carbons (Fsp3) is 0.462. The van der Waals surface area contributed by atoms with Gasteiger partial charge in [0, 0.05) is 44.3 Å². The van der Waals surface area contributed by atoms with Gasteiger partial charge in [-0.2, -0.15) is 13.2 Å². The van der Waals surface area contributed by atoms with Crippen molar-refractivity contribution in [1.29, 1.82) is 0 Å². The van der Waals surface area contributed by atoms with E-state index in [1.165, 1.54) is 12.1 Å². The molecular formula is C26H29F3N2O5. The van der Waals surface area contributed by atoms with Gasteiger partial charge >= 0.3 is 12.1 Å². The Kier molecular flexibility index (Phi) is 7.85. The number of benzene rings is 2. The number of carboxylic acids is 1. The number of hydrogen-bond donors (Lipinski definition) is 2. The second-order valence-electron chi connectivity index (χ2n) is 9.08. The van der Waals surface area contributed by atoms with Crippen molar-refractivity contribution in [1.82, 2.24) is 10.2 Å². The van der Waals surface area contributed by atoms with Crippen molar-refractivity contribution < 1.29 is 37.3 Å². The van der Waals surface area contributed by atoms with Gasteiger partial charge in [0.25, 0.3) is 5.91 Å². The number of carboxylic acid groups (broad SMARTS) is 1. The lowest BCUT2D eigenvalue weighted by atomic mass is 10.1. The summed E-state index contributed by atoms with van der Waals surface area (Å²) in [6.07, 6.45) is -5.07. The highest BCUT2D eigenvalue weighted by molar-refractivity contribution is 5.94. The van der Waals surface area contributed by atoms with Gasteiger partial charge in [-0.1, -0.05) is 18.2 Å². The first-order valence-corrected chi connectivity index (χ1v) is 11.9. The molecule has 0 radical (unpaired) electrons. The van der Waals surface area contributed by atoms with Crippen LogP contribution in [0.25, 0.3) is 0 Å². The van der Waals surface area contributed by atoms with Gasteiger partial charge in [0.1, 0.15) is 12.4 Å². The maximum Gasteiger partial charge on any atom is 0.416 e. The molecule has 1 saturated heterocycles. The summed E-state index contributed by atoms with van der Waals surface area (Å²) in [7, 11) is 0. The third kappa shape index (κ3) is 6.17. The molecule has 1 amide bonds. The highest BCUT2D eigenvalue weighted by atomic mass is 19.4. The van der Waals surface area contributed by atoms with Crippen LogP contribution >= 0.6 is 0 Å². The number of carbonyl (C=O) groups excluding carboxylic acids is 1. The van der Waals surface area contributed by atoms with E-state index in [-0.39, 0.29) is 23.9 Å². The summed E-state index contributed by atoms with van der Waals surface area (Å²) < 4.78 is 49.8. The number of hydrogen-bond acceptors (Lipinski definition) is 5. The summed E-state index contributed by atoms with van der Waals surface area (Å²) in [5.41, 5.74) is 0.0876. The minimum Gasteiger partial charge on any atom is -0.492 e. The molecule has 2 aromatic carbocycles. The lowest BCUT2D eigenvalue weighted by Gasteiger charge is -2.21. The van der Waals surface area contributed by atoms with Gasteiger partial charge in [0.2, 0.25) is 0 Å². The van der Waals surface area contributed by atoms with Crippen molar-refractivity contribution in [3.8, 4) is 5.75 Å². The Labute approximate surface area is 207 Å². The Bertz CT molecular complexity index is 1060. The molecule has 194 valence electrons. The first kappa shape index (κ1) is 26.0. The van der Waals surface area contributed by atoms with E-state index in [9.17, 15) is 27.9 Å². The number of likely N-dealkylation sites (tertiary alicyclic amines) is 1. The highest BCUT2D eigenvalue weighted by Crippen LogP contribution is 2.45. The Hall–Kier alpha value is -3.11. The molecule has 0 aromatic heterocycles. The Balaban J connectivity index is 1.16. The second kappa shape index (κ2) is 10.9. The SMILES string of the molecule is CCO[C@@H](Cc1ccc(OCCNC2C3CN(C(=O)c4cccc(C(F)(F)F)c4)C[C@@H]32)cc1)C(=O)O. The van der Waals surface area contributed by atoms with Crippen molar-refractivity contribution in [2.45, 2.75) is 31.7 Å². The van der Waals surface area contributed by atoms with Crippen LogP contribution in [0.2, 0.25) is 0 Å². The van der Waals surface area contributed by atoms with Crippen LogP contribution in [0.4, 0.5) is 13.2 Å². The minimum atomic E-state index is -4.48. The normalized spacial score (nSPS) is 21.7. The number of piperidine rings is 1. The number of nitrogens with zero attached hydrogens (tertiary/aromatic N) is 1. The molecule has 10 heteroatoms. The fourth-order valence-corrected chi connectivity index (χ4v) is 4.76. The molecule has 4 atom stereocenters. The van der Waals surface area contributed by atoms with E-state index in [4.69, 9.17) is 9.47 Å². The number of amides is 1. The van der Waals surface area contributed by atoms with Gasteiger partial charge in [0.05, 0.1) is 5.56 Å². The zero-order valence-electron chi connectivity index (χ0n) is 19.8. The number of aliphatic carboxylic acids is 1. The van der Waals surface area contributed by atoms with E-state index >= 15 is 0 Å². The molecule has 2 N–H and O–H groups in total. The van der Waals surface area contributed by atoms with Crippen LogP contribution in [-0.2, 0) is 22.1 Å². The van der Waals surface area contributed by atoms with Crippen LogP contribution in [-0.4, -0.2) is 66.9 Å². The Morgan fingerprint density at radius 3 is 2.44 bits per heavy atom. The number of alkyl halides is 3. The van der Waals surface area contributed by atoms with Crippen LogP contribution < -0.4 is 10.1 Å². The summed E-state index contributed by atoms with van der Waals surface area (Å²) >= 11 is 0. The summed E-state index contributed by atoms with van der Waals surface area (Å²) in [6, 6.07) is 12.1. The maximum atomic E-state index is 12.9. The molecule has 4 rings (SSSR count). The summed E-state index contributed by atoms with van der Waals surface area (Å²) in [6.45, 7) is 4.20. The summed E-state index contributed by atoms with van der Waals surface area (Å²) in [5.74, 6) is -0.0817. The number of ether oxygens (including phenoxy) is 2. The van der Waals surface area contributed by atoms with E-state index in [1.54, 1.807) is 24.0 Å². The predicted octanol–water partition coefficient (Wildman–Crippen LogP) is 3.48. The molecule has 1 aliphatic heterocycles. The molecular weight excluding hydrogens is 477 g/mol. The number of carbonyl (C=O) groups is 2. The number of halogens is 3. The molecule has 2 unspecified atom stereocenters. The van der Waals surface area contributed by atoms with Crippen molar-refractivity contribution in [3.05, 3.63) is 65.2 Å². The first-order chi connectivity index (χ1) is 17.2. The van der Waals surface area contributed by atoms with Gasteiger partial charge in [-0.05, 0) is 54.7 Å². The van der Waals surface area contributed by atoms with E-state index in [0.717, 1.165) is 17.7 Å². The summed E-state index contributed by atoms with van der Waals surface area (Å²) in [5, 5.41) is 12.6. The van der Waals surface area contributed by atoms with E-state index in [0.29, 0.717) is 50.4 Å². The molecule has 2 aliphatic rings. The topological polar surface area (TPSA) is 88.1 Å². The van der Waals surface area contributed by atoms with Gasteiger partial charge < -0.3 is 24.8 Å². The van der Waals surface area contributed by atoms with Crippen molar-refractivity contribution >= 4 is 11.9 Å². The third-order valence-electron chi connectivity index (χ3n) is 6.66. The van der Waals surface area contributed by atoms with Crippen LogP contribution in [0.15, 0.2) is 48.5 Å². The van der Waals surface area contributed by atoms with Crippen molar-refractivity contribution in [2.24, 2.45) is 11.8 Å². The quantitative estimate of drug-likeness (QED) is 0.454. The number of fused-ring (bicyclic) bond motifs is 1. The lowest BCUT2D eigenvalue weighted by Crippen LogP contribution is -2.36. The Morgan fingerprint density at radius 2 is 1.83 bits per heavy atom. The minimum absolute atomic E-state index is 0.0615. The van der Waals surface area contributed by atoms with Crippen molar-refractivity contribution in [2.75, 3.05) is 32.8 Å². The van der Waals surface area contributed by atoms with Crippen LogP contribution in [0.1, 0.15) is 28.4 Å². The smallest absolute Gasteiger partial charge is 0.416 e. The van der Waals surface area contributed by atoms with Gasteiger partial charge in [-0.15, -0.1) is 0 Å². The van der Waals surface area contributed by atoms with Gasteiger partial charge in [-0.3, -0.25) is 4.79 Å². The average Bonchev–Trinajstić information content (AvgIpc) is 3.29. The highest BCUT2D eigenvalue weighted by Gasteiger charge is 2.56. The van der Waals surface area contributed by atoms with Crippen LogP contribution in [0.5, 0.6) is 5.75 Å². The molecule has 1 aliphatic carbocycles. The van der Waals surface area contributed by atoms with Crippen LogP contribution in [0, 0.1) is 11.8 Å². The zero-order chi connectivity index (χ0) is 25.9. The van der Waals surface area contributed by atoms with E-state index < -0.39 is 23.8 Å². The maximum absolute atomic E-state index is 12.9. The molecule has 2 aromatic rings. The Morgan fingerprint density at radius 1 is 1.14 bits per heavy atom. The molecule has 1 heterocycles. The molecule has 0 bridgehead atoms. The van der Waals surface area contributed by atoms with Gasteiger partial charge in [-0.25, -0.2) is 4.79 Å². The zero-order valence-corrected chi connectivity index (χ0v) is 19.8. The van der Waals surface area contributed by atoms with Gasteiger partial charge in [0.15, 0.2) is 6.10 Å². The first-order valence-electron chi connectivity index (χ1n) is 11.9. The number of nitrogens with one attached hydrogen (secondary N) is 1. The molecule has 2 fully saturated rings. The number of rotatable bonds is 11. The standard InChI is InChI=1S/C26H29F3N2O5/c1-2-35-22(25(33)34)12-16-6-8-19(9-7-16)36-11-10-30-23-20-14-31(15-21(20)23)24(32)17-4-3-5-18(13-17)26(27,28)29/h3-9,13,20-23,30H,2,10-12,14-15H2,1H3,(H,33,34)/t20-,21?,22-,23?/m0/s1. The average molecular weight is 507 g/mol. The monoisotopic (exact) mass is 506 g/mol. The van der Waals surface area contributed by atoms with Crippen LogP contribution in [0.3, 0.4) is 0 Å². The third-order valence-corrected chi connectivity index (χ3v) is 6.66. The largest absolute Gasteiger partial charge is 0.492 e. The fourth-order valence-electron chi connectivity index (χ4n) is 4.76. The molecule has 7 nitrogen and oxygen atoms in total. The van der Waals surface area contributed by atoms with Crippen molar-refractivity contribution in [3.63, 3.8) is 0 Å². The molecule has 1 saturated carbocycles. The second-order valence-corrected chi connectivity index (χ2v) is 9.08. The lowest BCUT2D eigenvalue weighted by molar-refractivity contribution is -0.150.